The molecule has 82 valence electrons. The highest BCUT2D eigenvalue weighted by molar-refractivity contribution is 5.47. The maximum Gasteiger partial charge on any atom is 0.118 e. The zero-order valence-corrected chi connectivity index (χ0v) is 8.93. The molecule has 2 rings (SSSR count). The lowest BCUT2D eigenvalue weighted by Crippen LogP contribution is -1.95. The van der Waals surface area contributed by atoms with E-state index < -0.39 is 0 Å². The van der Waals surface area contributed by atoms with Crippen LogP contribution < -0.4 is 5.73 Å². The smallest absolute Gasteiger partial charge is 0.118 e. The van der Waals surface area contributed by atoms with E-state index in [9.17, 15) is 5.11 Å². The second-order valence-electron chi connectivity index (χ2n) is 3.71. The van der Waals surface area contributed by atoms with Gasteiger partial charge in [-0.1, -0.05) is 6.07 Å². The lowest BCUT2D eigenvalue weighted by atomic mass is 10.1. The van der Waals surface area contributed by atoms with Crippen LogP contribution in [0.1, 0.15) is 11.3 Å². The van der Waals surface area contributed by atoms with Crippen molar-refractivity contribution >= 4 is 5.69 Å². The summed E-state index contributed by atoms with van der Waals surface area (Å²) in [5.74, 6) is 0.296. The minimum atomic E-state index is 0.296. The number of aryl methyl sites for hydroxylation is 2. The first-order valence-corrected chi connectivity index (χ1v) is 5.23. The lowest BCUT2D eigenvalue weighted by molar-refractivity contribution is 0.468. The first-order valence-electron chi connectivity index (χ1n) is 5.23. The lowest BCUT2D eigenvalue weighted by Gasteiger charge is -2.05. The maximum absolute atomic E-state index is 9.64. The van der Waals surface area contributed by atoms with Crippen LogP contribution in [0.2, 0.25) is 0 Å². The van der Waals surface area contributed by atoms with Gasteiger partial charge in [-0.25, -0.2) is 0 Å². The van der Waals surface area contributed by atoms with Crippen molar-refractivity contribution in [2.75, 3.05) is 5.73 Å². The number of phenolic OH excluding ortho intramolecular Hbond substituents is 1. The van der Waals surface area contributed by atoms with Gasteiger partial charge in [-0.3, -0.25) is 4.98 Å². The summed E-state index contributed by atoms with van der Waals surface area (Å²) >= 11 is 0. The van der Waals surface area contributed by atoms with Gasteiger partial charge in [-0.05, 0) is 48.7 Å². The summed E-state index contributed by atoms with van der Waals surface area (Å²) < 4.78 is 0. The molecule has 0 fully saturated rings. The van der Waals surface area contributed by atoms with E-state index >= 15 is 0 Å². The zero-order chi connectivity index (χ0) is 11.4. The fourth-order valence-corrected chi connectivity index (χ4v) is 1.61. The van der Waals surface area contributed by atoms with Gasteiger partial charge in [0.1, 0.15) is 5.75 Å². The molecule has 1 aromatic carbocycles. The van der Waals surface area contributed by atoms with E-state index in [1.807, 2.05) is 18.2 Å². The molecule has 16 heavy (non-hydrogen) atoms. The molecule has 1 heterocycles. The summed E-state index contributed by atoms with van der Waals surface area (Å²) in [5, 5.41) is 9.64. The number of anilines is 1. The predicted octanol–water partition coefficient (Wildman–Crippen LogP) is 2.15. The number of rotatable bonds is 3. The normalized spacial score (nSPS) is 10.2. The van der Waals surface area contributed by atoms with Crippen molar-refractivity contribution in [1.82, 2.24) is 4.98 Å². The van der Waals surface area contributed by atoms with Crippen LogP contribution in [-0.2, 0) is 12.8 Å². The Kier molecular flexibility index (Phi) is 3.05. The number of nitrogens with zero attached hydrogens (tertiary/aromatic N) is 1. The molecule has 0 amide bonds. The number of nitrogens with two attached hydrogens (primary N) is 1. The molecular formula is C13H14N2O. The Morgan fingerprint density at radius 2 is 2.00 bits per heavy atom. The van der Waals surface area contributed by atoms with Crippen LogP contribution in [0.4, 0.5) is 5.69 Å². The SMILES string of the molecule is Nc1ccc(O)c(CCc2ccccn2)c1. The molecule has 0 atom stereocenters. The van der Waals surface area contributed by atoms with Gasteiger partial charge in [-0.15, -0.1) is 0 Å². The van der Waals surface area contributed by atoms with Gasteiger partial charge in [0.2, 0.25) is 0 Å². The number of aromatic nitrogens is 1. The van der Waals surface area contributed by atoms with Crippen LogP contribution >= 0.6 is 0 Å². The van der Waals surface area contributed by atoms with E-state index in [1.165, 1.54) is 0 Å². The summed E-state index contributed by atoms with van der Waals surface area (Å²) in [6.45, 7) is 0. The minimum absolute atomic E-state index is 0.296. The fraction of sp³-hybridized carbons (Fsp3) is 0.154. The Hall–Kier alpha value is -2.03. The second-order valence-corrected chi connectivity index (χ2v) is 3.71. The first kappa shape index (κ1) is 10.5. The molecule has 0 aliphatic heterocycles. The number of benzene rings is 1. The zero-order valence-electron chi connectivity index (χ0n) is 8.93. The Bertz CT molecular complexity index is 469. The summed E-state index contributed by atoms with van der Waals surface area (Å²) in [4.78, 5) is 4.23. The van der Waals surface area contributed by atoms with Gasteiger partial charge in [0, 0.05) is 17.6 Å². The van der Waals surface area contributed by atoms with Gasteiger partial charge in [0.25, 0.3) is 0 Å². The van der Waals surface area contributed by atoms with Crippen molar-refractivity contribution in [3.63, 3.8) is 0 Å². The van der Waals surface area contributed by atoms with Crippen molar-refractivity contribution in [2.45, 2.75) is 12.8 Å². The molecule has 0 spiro atoms. The predicted molar refractivity (Wildman–Crippen MR) is 64.2 cm³/mol. The molecule has 0 aliphatic rings. The van der Waals surface area contributed by atoms with Gasteiger partial charge >= 0.3 is 0 Å². The molecular weight excluding hydrogens is 200 g/mol. The van der Waals surface area contributed by atoms with Gasteiger partial charge in [-0.2, -0.15) is 0 Å². The topological polar surface area (TPSA) is 59.1 Å². The summed E-state index contributed by atoms with van der Waals surface area (Å²) in [7, 11) is 0. The molecule has 0 bridgehead atoms. The standard InChI is InChI=1S/C13H14N2O/c14-11-5-7-13(16)10(9-11)4-6-12-3-1-2-8-15-12/h1-3,5,7-9,16H,4,6,14H2. The van der Waals surface area contributed by atoms with Crippen molar-refractivity contribution in [3.8, 4) is 5.75 Å². The van der Waals surface area contributed by atoms with Gasteiger partial charge in [0.15, 0.2) is 0 Å². The number of nitrogen functional groups attached to an aromatic ring is 1. The highest BCUT2D eigenvalue weighted by atomic mass is 16.3. The van der Waals surface area contributed by atoms with Crippen LogP contribution in [0.25, 0.3) is 0 Å². The number of hydrogen-bond donors (Lipinski definition) is 2. The Morgan fingerprint density at radius 1 is 1.12 bits per heavy atom. The molecule has 3 heteroatoms. The van der Waals surface area contributed by atoms with Gasteiger partial charge < -0.3 is 10.8 Å². The van der Waals surface area contributed by atoms with Crippen molar-refractivity contribution in [3.05, 3.63) is 53.9 Å². The summed E-state index contributed by atoms with van der Waals surface area (Å²) in [6.07, 6.45) is 3.32. The molecule has 0 unspecified atom stereocenters. The third kappa shape index (κ3) is 2.51. The minimum Gasteiger partial charge on any atom is -0.508 e. The molecule has 0 saturated carbocycles. The number of pyridine rings is 1. The average Bonchev–Trinajstić information content (AvgIpc) is 2.32. The molecule has 1 aromatic heterocycles. The highest BCUT2D eigenvalue weighted by Gasteiger charge is 2.02. The molecule has 0 saturated heterocycles. The first-order chi connectivity index (χ1) is 7.75. The van der Waals surface area contributed by atoms with Crippen molar-refractivity contribution in [1.29, 1.82) is 0 Å². The van der Waals surface area contributed by atoms with E-state index in [4.69, 9.17) is 5.73 Å². The molecule has 3 nitrogen and oxygen atoms in total. The van der Waals surface area contributed by atoms with E-state index in [1.54, 1.807) is 24.4 Å². The van der Waals surface area contributed by atoms with Crippen molar-refractivity contribution in [2.24, 2.45) is 0 Å². The number of hydrogen-bond acceptors (Lipinski definition) is 3. The quantitative estimate of drug-likeness (QED) is 0.608. The van der Waals surface area contributed by atoms with Gasteiger partial charge in [0.05, 0.1) is 0 Å². The maximum atomic E-state index is 9.64. The van der Waals surface area contributed by atoms with Crippen LogP contribution in [-0.4, -0.2) is 10.1 Å². The highest BCUT2D eigenvalue weighted by Crippen LogP contribution is 2.21. The Balaban J connectivity index is 2.08. The third-order valence-corrected chi connectivity index (χ3v) is 2.48. The average molecular weight is 214 g/mol. The second kappa shape index (κ2) is 4.66. The molecule has 0 aliphatic carbocycles. The summed E-state index contributed by atoms with van der Waals surface area (Å²) in [5.41, 5.74) is 8.23. The monoisotopic (exact) mass is 214 g/mol. The number of phenols is 1. The van der Waals surface area contributed by atoms with Crippen LogP contribution in [0, 0.1) is 0 Å². The third-order valence-electron chi connectivity index (χ3n) is 2.48. The van der Waals surface area contributed by atoms with E-state index in [0.717, 1.165) is 24.1 Å². The van der Waals surface area contributed by atoms with Crippen LogP contribution in [0.15, 0.2) is 42.6 Å². The largest absolute Gasteiger partial charge is 0.508 e. The van der Waals surface area contributed by atoms with E-state index in [0.29, 0.717) is 11.4 Å². The molecule has 0 radical (unpaired) electrons. The fourth-order valence-electron chi connectivity index (χ4n) is 1.61. The van der Waals surface area contributed by atoms with Crippen LogP contribution in [0.5, 0.6) is 5.75 Å². The Morgan fingerprint density at radius 3 is 2.75 bits per heavy atom. The molecule has 2 aromatic rings. The van der Waals surface area contributed by atoms with E-state index in [2.05, 4.69) is 4.98 Å². The van der Waals surface area contributed by atoms with Crippen LogP contribution in [0.3, 0.4) is 0 Å². The number of aromatic hydroxyl groups is 1. The summed E-state index contributed by atoms with van der Waals surface area (Å²) in [6, 6.07) is 11.0. The molecule has 3 N–H and O–H groups in total. The Labute approximate surface area is 94.6 Å². The van der Waals surface area contributed by atoms with Crippen molar-refractivity contribution < 1.29 is 5.11 Å². The van der Waals surface area contributed by atoms with E-state index in [-0.39, 0.29) is 0 Å².